The quantitative estimate of drug-likeness (QED) is 0.856. The van der Waals surface area contributed by atoms with E-state index in [1.807, 2.05) is 11.3 Å². The minimum Gasteiger partial charge on any atom is -0.383 e. The molecule has 1 aromatic carbocycles. The summed E-state index contributed by atoms with van der Waals surface area (Å²) in [5.41, 5.74) is 1.79. The molecule has 3 rings (SSSR count). The highest BCUT2D eigenvalue weighted by atomic mass is 32.1. The van der Waals surface area contributed by atoms with E-state index >= 15 is 0 Å². The SMILES string of the molecule is CNCC1(CNc2csc3ccccc23)CCC1. The second-order valence-corrected chi connectivity index (χ2v) is 6.29. The van der Waals surface area contributed by atoms with Gasteiger partial charge in [-0.05, 0) is 26.0 Å². The molecule has 0 aliphatic heterocycles. The van der Waals surface area contributed by atoms with Gasteiger partial charge in [-0.2, -0.15) is 0 Å². The van der Waals surface area contributed by atoms with E-state index < -0.39 is 0 Å². The van der Waals surface area contributed by atoms with Crippen molar-refractivity contribution in [1.29, 1.82) is 0 Å². The van der Waals surface area contributed by atoms with Crippen molar-refractivity contribution in [2.75, 3.05) is 25.5 Å². The smallest absolute Gasteiger partial charge is 0.0529 e. The molecule has 1 saturated carbocycles. The molecule has 0 atom stereocenters. The minimum atomic E-state index is 0.484. The molecule has 3 heteroatoms. The first kappa shape index (κ1) is 12.0. The van der Waals surface area contributed by atoms with Crippen molar-refractivity contribution in [2.24, 2.45) is 5.41 Å². The van der Waals surface area contributed by atoms with Gasteiger partial charge in [0.1, 0.15) is 0 Å². The molecular weight excluding hydrogens is 240 g/mol. The number of hydrogen-bond acceptors (Lipinski definition) is 3. The molecule has 1 heterocycles. The maximum atomic E-state index is 3.67. The number of nitrogens with one attached hydrogen (secondary N) is 2. The van der Waals surface area contributed by atoms with Crippen LogP contribution in [-0.2, 0) is 0 Å². The van der Waals surface area contributed by atoms with Crippen molar-refractivity contribution in [2.45, 2.75) is 19.3 Å². The van der Waals surface area contributed by atoms with Crippen LogP contribution < -0.4 is 10.6 Å². The van der Waals surface area contributed by atoms with E-state index in [4.69, 9.17) is 0 Å². The maximum absolute atomic E-state index is 3.67. The molecule has 0 saturated heterocycles. The molecule has 2 nitrogen and oxygen atoms in total. The first-order valence-electron chi connectivity index (χ1n) is 6.68. The first-order valence-corrected chi connectivity index (χ1v) is 7.56. The largest absolute Gasteiger partial charge is 0.383 e. The van der Waals surface area contributed by atoms with Crippen molar-refractivity contribution < 1.29 is 0 Å². The Hall–Kier alpha value is -1.06. The van der Waals surface area contributed by atoms with E-state index in [0.29, 0.717) is 5.41 Å². The van der Waals surface area contributed by atoms with E-state index in [1.54, 1.807) is 0 Å². The summed E-state index contributed by atoms with van der Waals surface area (Å²) in [6, 6.07) is 8.63. The Bertz CT molecular complexity index is 528. The number of thiophene rings is 1. The van der Waals surface area contributed by atoms with Gasteiger partial charge in [-0.25, -0.2) is 0 Å². The summed E-state index contributed by atoms with van der Waals surface area (Å²) in [7, 11) is 2.06. The average Bonchev–Trinajstić information content (AvgIpc) is 2.76. The van der Waals surface area contributed by atoms with Crippen LogP contribution in [0.1, 0.15) is 19.3 Å². The lowest BCUT2D eigenvalue weighted by Crippen LogP contribution is -2.44. The molecule has 1 fully saturated rings. The number of fused-ring (bicyclic) bond motifs is 1. The summed E-state index contributed by atoms with van der Waals surface area (Å²) >= 11 is 1.83. The fourth-order valence-corrected chi connectivity index (χ4v) is 3.78. The second kappa shape index (κ2) is 4.90. The number of anilines is 1. The Kier molecular flexibility index (Phi) is 3.27. The zero-order chi connectivity index (χ0) is 12.4. The van der Waals surface area contributed by atoms with Crippen LogP contribution in [0.15, 0.2) is 29.6 Å². The lowest BCUT2D eigenvalue weighted by molar-refractivity contribution is 0.151. The van der Waals surface area contributed by atoms with Crippen molar-refractivity contribution >= 4 is 27.1 Å². The summed E-state index contributed by atoms with van der Waals surface area (Å²) in [6.07, 6.45) is 4.08. The highest BCUT2D eigenvalue weighted by Gasteiger charge is 2.35. The van der Waals surface area contributed by atoms with Crippen molar-refractivity contribution in [3.05, 3.63) is 29.6 Å². The molecule has 0 radical (unpaired) electrons. The van der Waals surface area contributed by atoms with Gasteiger partial charge in [0.25, 0.3) is 0 Å². The summed E-state index contributed by atoms with van der Waals surface area (Å²) < 4.78 is 1.37. The van der Waals surface area contributed by atoms with Crippen molar-refractivity contribution in [3.8, 4) is 0 Å². The predicted molar refractivity (Wildman–Crippen MR) is 80.5 cm³/mol. The Morgan fingerprint density at radius 1 is 1.22 bits per heavy atom. The number of hydrogen-bond donors (Lipinski definition) is 2. The molecule has 1 aliphatic carbocycles. The highest BCUT2D eigenvalue weighted by Crippen LogP contribution is 2.41. The van der Waals surface area contributed by atoms with Gasteiger partial charge in [0.15, 0.2) is 0 Å². The summed E-state index contributed by atoms with van der Waals surface area (Å²) in [5, 5.41) is 10.6. The molecule has 1 aromatic heterocycles. The van der Waals surface area contributed by atoms with Crippen LogP contribution in [0, 0.1) is 5.41 Å². The van der Waals surface area contributed by atoms with Crippen molar-refractivity contribution in [3.63, 3.8) is 0 Å². The van der Waals surface area contributed by atoms with E-state index in [2.05, 4.69) is 47.3 Å². The third-order valence-corrected chi connectivity index (χ3v) is 5.06. The number of benzene rings is 1. The Labute approximate surface area is 112 Å². The monoisotopic (exact) mass is 260 g/mol. The van der Waals surface area contributed by atoms with Crippen LogP contribution in [0.5, 0.6) is 0 Å². The fourth-order valence-electron chi connectivity index (χ4n) is 2.87. The van der Waals surface area contributed by atoms with Gasteiger partial charge in [0, 0.05) is 34.0 Å². The molecule has 18 heavy (non-hydrogen) atoms. The lowest BCUT2D eigenvalue weighted by atomic mass is 9.68. The van der Waals surface area contributed by atoms with Gasteiger partial charge in [-0.1, -0.05) is 24.6 Å². The van der Waals surface area contributed by atoms with E-state index in [0.717, 1.165) is 13.1 Å². The highest BCUT2D eigenvalue weighted by molar-refractivity contribution is 7.17. The van der Waals surface area contributed by atoms with Gasteiger partial charge in [-0.3, -0.25) is 0 Å². The van der Waals surface area contributed by atoms with Gasteiger partial charge in [-0.15, -0.1) is 11.3 Å². The van der Waals surface area contributed by atoms with Gasteiger partial charge in [0.05, 0.1) is 5.69 Å². The second-order valence-electron chi connectivity index (χ2n) is 5.38. The van der Waals surface area contributed by atoms with Crippen LogP contribution >= 0.6 is 11.3 Å². The molecular formula is C15H20N2S. The third-order valence-electron chi connectivity index (χ3n) is 4.10. The normalized spacial score (nSPS) is 17.6. The van der Waals surface area contributed by atoms with Crippen LogP contribution in [0.4, 0.5) is 5.69 Å². The van der Waals surface area contributed by atoms with Gasteiger partial charge < -0.3 is 10.6 Å². The summed E-state index contributed by atoms with van der Waals surface area (Å²) in [4.78, 5) is 0. The third kappa shape index (κ3) is 2.13. The van der Waals surface area contributed by atoms with Gasteiger partial charge in [0.2, 0.25) is 0 Å². The Morgan fingerprint density at radius 2 is 2.06 bits per heavy atom. The summed E-state index contributed by atoms with van der Waals surface area (Å²) in [6.45, 7) is 2.22. The van der Waals surface area contributed by atoms with E-state index in [1.165, 1.54) is 35.0 Å². The molecule has 2 N–H and O–H groups in total. The molecule has 0 bridgehead atoms. The average molecular weight is 260 g/mol. The van der Waals surface area contributed by atoms with Crippen LogP contribution in [-0.4, -0.2) is 20.1 Å². The maximum Gasteiger partial charge on any atom is 0.0529 e. The molecule has 0 unspecified atom stereocenters. The number of rotatable bonds is 5. The molecule has 0 spiro atoms. The molecule has 1 aliphatic rings. The topological polar surface area (TPSA) is 24.1 Å². The predicted octanol–water partition coefficient (Wildman–Crippen LogP) is 3.70. The van der Waals surface area contributed by atoms with Gasteiger partial charge >= 0.3 is 0 Å². The lowest BCUT2D eigenvalue weighted by Gasteiger charge is -2.42. The Morgan fingerprint density at radius 3 is 2.78 bits per heavy atom. The van der Waals surface area contributed by atoms with Crippen molar-refractivity contribution in [1.82, 2.24) is 5.32 Å². The van der Waals surface area contributed by atoms with Crippen LogP contribution in [0.25, 0.3) is 10.1 Å². The Balaban J connectivity index is 1.73. The van der Waals surface area contributed by atoms with E-state index in [9.17, 15) is 0 Å². The molecule has 96 valence electrons. The zero-order valence-corrected chi connectivity index (χ0v) is 11.6. The zero-order valence-electron chi connectivity index (χ0n) is 10.8. The first-order chi connectivity index (χ1) is 8.83. The van der Waals surface area contributed by atoms with Crippen LogP contribution in [0.2, 0.25) is 0 Å². The van der Waals surface area contributed by atoms with Crippen LogP contribution in [0.3, 0.4) is 0 Å². The molecule has 2 aromatic rings. The minimum absolute atomic E-state index is 0.484. The summed E-state index contributed by atoms with van der Waals surface area (Å²) in [5.74, 6) is 0. The van der Waals surface area contributed by atoms with E-state index in [-0.39, 0.29) is 0 Å². The standard InChI is InChI=1S/C15H20N2S/c1-16-10-15(7-4-8-15)11-17-13-9-18-14-6-3-2-5-12(13)14/h2-3,5-6,9,16-17H,4,7-8,10-11H2,1H3. The molecule has 0 amide bonds. The fraction of sp³-hybridized carbons (Fsp3) is 0.467.